The zero-order valence-corrected chi connectivity index (χ0v) is 16.9. The predicted octanol–water partition coefficient (Wildman–Crippen LogP) is 1.78. The highest BCUT2D eigenvalue weighted by molar-refractivity contribution is 5.92. The molecule has 0 unspecified atom stereocenters. The number of carbonyl (C=O) groups is 2. The van der Waals surface area contributed by atoms with Gasteiger partial charge in [-0.3, -0.25) is 9.59 Å². The fraction of sp³-hybridized carbons (Fsp3) is 0.667. The summed E-state index contributed by atoms with van der Waals surface area (Å²) in [4.78, 5) is 35.7. The van der Waals surface area contributed by atoms with Crippen LogP contribution in [0.4, 0.5) is 5.69 Å². The molecule has 1 aromatic rings. The average Bonchev–Trinajstić information content (AvgIpc) is 3.03. The van der Waals surface area contributed by atoms with Crippen molar-refractivity contribution in [3.8, 4) is 0 Å². The second-order valence-electron chi connectivity index (χ2n) is 8.50. The van der Waals surface area contributed by atoms with Crippen LogP contribution in [0.25, 0.3) is 0 Å². The van der Waals surface area contributed by atoms with Gasteiger partial charge < -0.3 is 19.4 Å². The lowest BCUT2D eigenvalue weighted by molar-refractivity contribution is -0.139. The third kappa shape index (κ3) is 3.48. The minimum Gasteiger partial charge on any atom is -0.381 e. The van der Waals surface area contributed by atoms with Gasteiger partial charge in [0, 0.05) is 53.0 Å². The summed E-state index contributed by atoms with van der Waals surface area (Å²) in [5.74, 6) is 0.233. The van der Waals surface area contributed by atoms with E-state index in [0.717, 1.165) is 70.6 Å². The van der Waals surface area contributed by atoms with Crippen molar-refractivity contribution in [1.29, 1.82) is 0 Å². The molecule has 0 N–H and O–H groups in total. The molecule has 1 aromatic heterocycles. The van der Waals surface area contributed by atoms with Crippen molar-refractivity contribution >= 4 is 17.5 Å². The van der Waals surface area contributed by atoms with E-state index < -0.39 is 0 Å². The number of carbonyl (C=O) groups excluding carboxylic acids is 2. The van der Waals surface area contributed by atoms with Crippen molar-refractivity contribution in [1.82, 2.24) is 14.8 Å². The van der Waals surface area contributed by atoms with E-state index >= 15 is 0 Å². The molecule has 28 heavy (non-hydrogen) atoms. The highest BCUT2D eigenvalue weighted by atomic mass is 16.5. The maximum absolute atomic E-state index is 13.4. The second-order valence-corrected chi connectivity index (χ2v) is 8.50. The van der Waals surface area contributed by atoms with Crippen molar-refractivity contribution < 1.29 is 14.3 Å². The number of hydrogen-bond donors (Lipinski definition) is 0. The maximum atomic E-state index is 13.4. The minimum atomic E-state index is -0.269. The molecule has 0 saturated carbocycles. The first-order valence-electron chi connectivity index (χ1n) is 10.3. The van der Waals surface area contributed by atoms with Gasteiger partial charge in [0.05, 0.1) is 17.3 Å². The quantitative estimate of drug-likeness (QED) is 0.792. The number of pyridine rings is 1. The summed E-state index contributed by atoms with van der Waals surface area (Å²) in [7, 11) is 3.45. The molecule has 4 rings (SSSR count). The average molecular weight is 386 g/mol. The van der Waals surface area contributed by atoms with Crippen molar-refractivity contribution in [2.24, 2.45) is 5.41 Å². The molecule has 0 aromatic carbocycles. The zero-order valence-electron chi connectivity index (χ0n) is 16.9. The number of piperidine rings is 1. The third-order valence-corrected chi connectivity index (χ3v) is 6.49. The Morgan fingerprint density at radius 2 is 2.00 bits per heavy atom. The first-order chi connectivity index (χ1) is 13.5. The number of rotatable bonds is 3. The van der Waals surface area contributed by atoms with Gasteiger partial charge in [0.25, 0.3) is 5.91 Å². The van der Waals surface area contributed by atoms with Crippen LogP contribution in [0.3, 0.4) is 0 Å². The molecule has 0 aliphatic carbocycles. The molecule has 3 saturated heterocycles. The van der Waals surface area contributed by atoms with Gasteiger partial charge in [-0.2, -0.15) is 0 Å². The van der Waals surface area contributed by atoms with Gasteiger partial charge in [-0.05, 0) is 44.2 Å². The van der Waals surface area contributed by atoms with Gasteiger partial charge in [0.1, 0.15) is 5.69 Å². The van der Waals surface area contributed by atoms with E-state index in [1.54, 1.807) is 26.4 Å². The van der Waals surface area contributed by atoms with Crippen molar-refractivity contribution in [3.63, 3.8) is 0 Å². The van der Waals surface area contributed by atoms with E-state index in [-0.39, 0.29) is 11.3 Å². The van der Waals surface area contributed by atoms with Crippen molar-refractivity contribution in [3.05, 3.63) is 24.0 Å². The van der Waals surface area contributed by atoms with Crippen LogP contribution in [0.15, 0.2) is 18.3 Å². The molecular formula is C21H30N4O3. The summed E-state index contributed by atoms with van der Waals surface area (Å²) in [6.45, 7) is 4.06. The molecule has 3 aliphatic heterocycles. The van der Waals surface area contributed by atoms with Gasteiger partial charge in [-0.25, -0.2) is 4.98 Å². The molecule has 0 radical (unpaired) electrons. The summed E-state index contributed by atoms with van der Waals surface area (Å²) in [6, 6.07) is 4.08. The Morgan fingerprint density at radius 1 is 1.21 bits per heavy atom. The number of anilines is 1. The second kappa shape index (κ2) is 7.70. The number of hydrogen-bond acceptors (Lipinski definition) is 5. The molecule has 152 valence electrons. The van der Waals surface area contributed by atoms with E-state index in [9.17, 15) is 9.59 Å². The number of aromatic nitrogens is 1. The lowest BCUT2D eigenvalue weighted by Gasteiger charge is -2.41. The van der Waals surface area contributed by atoms with Crippen LogP contribution >= 0.6 is 0 Å². The minimum absolute atomic E-state index is 0.0975. The predicted molar refractivity (Wildman–Crippen MR) is 106 cm³/mol. The maximum Gasteiger partial charge on any atom is 0.271 e. The molecule has 7 heteroatoms. The Bertz CT molecular complexity index is 730. The van der Waals surface area contributed by atoms with Crippen LogP contribution < -0.4 is 4.90 Å². The Hall–Kier alpha value is -2.15. The summed E-state index contributed by atoms with van der Waals surface area (Å²) in [5, 5.41) is 0. The van der Waals surface area contributed by atoms with Crippen LogP contribution in [0.2, 0.25) is 0 Å². The van der Waals surface area contributed by atoms with Gasteiger partial charge in [-0.1, -0.05) is 0 Å². The van der Waals surface area contributed by atoms with Gasteiger partial charge >= 0.3 is 0 Å². The topological polar surface area (TPSA) is 66.0 Å². The van der Waals surface area contributed by atoms with Gasteiger partial charge in [0.2, 0.25) is 5.91 Å². The SMILES string of the molecule is CN(C)C(=O)c1ccc(N2CCC[C@]3(CCN(C4CCOCC4)C3=O)C2)cn1. The van der Waals surface area contributed by atoms with Crippen LogP contribution in [0.5, 0.6) is 0 Å². The fourth-order valence-electron chi connectivity index (χ4n) is 4.85. The molecule has 2 amide bonds. The van der Waals surface area contributed by atoms with Gasteiger partial charge in [0.15, 0.2) is 0 Å². The van der Waals surface area contributed by atoms with Gasteiger partial charge in [-0.15, -0.1) is 0 Å². The Morgan fingerprint density at radius 3 is 2.68 bits per heavy atom. The van der Waals surface area contributed by atoms with Crippen LogP contribution in [0, 0.1) is 5.41 Å². The third-order valence-electron chi connectivity index (χ3n) is 6.49. The smallest absolute Gasteiger partial charge is 0.271 e. The van der Waals surface area contributed by atoms with E-state index in [1.165, 1.54) is 4.90 Å². The lowest BCUT2D eigenvalue weighted by Crippen LogP contribution is -2.50. The number of ether oxygens (including phenoxy) is 1. The standard InChI is InChI=1S/C21H30N4O3/c1-23(2)19(26)18-5-4-17(14-22-18)24-10-3-8-21(15-24)9-11-25(20(21)27)16-6-12-28-13-7-16/h4-5,14,16H,3,6-13,15H2,1-2H3/t21-/m0/s1. The molecule has 3 aliphatic rings. The van der Waals surface area contributed by atoms with Crippen LogP contribution in [-0.2, 0) is 9.53 Å². The summed E-state index contributed by atoms with van der Waals surface area (Å²) >= 11 is 0. The molecule has 0 bridgehead atoms. The molecule has 1 spiro atoms. The molecule has 4 heterocycles. The first kappa shape index (κ1) is 19.2. The van der Waals surface area contributed by atoms with E-state index in [1.807, 2.05) is 6.07 Å². The molecule has 1 atom stereocenters. The largest absolute Gasteiger partial charge is 0.381 e. The molecule has 7 nitrogen and oxygen atoms in total. The molecular weight excluding hydrogens is 356 g/mol. The van der Waals surface area contributed by atoms with Crippen molar-refractivity contribution in [2.75, 3.05) is 51.8 Å². The number of nitrogens with zero attached hydrogens (tertiary/aromatic N) is 4. The van der Waals surface area contributed by atoms with E-state index in [0.29, 0.717) is 17.6 Å². The van der Waals surface area contributed by atoms with Crippen molar-refractivity contribution in [2.45, 2.75) is 38.1 Å². The summed E-state index contributed by atoms with van der Waals surface area (Å²) in [6.07, 6.45) is 6.59. The highest BCUT2D eigenvalue weighted by Crippen LogP contribution is 2.42. The van der Waals surface area contributed by atoms with E-state index in [2.05, 4.69) is 14.8 Å². The normalized spacial score (nSPS) is 26.1. The number of amides is 2. The zero-order chi connectivity index (χ0) is 19.7. The lowest BCUT2D eigenvalue weighted by atomic mass is 9.78. The summed E-state index contributed by atoms with van der Waals surface area (Å²) in [5.41, 5.74) is 1.17. The summed E-state index contributed by atoms with van der Waals surface area (Å²) < 4.78 is 5.47. The monoisotopic (exact) mass is 386 g/mol. The van der Waals surface area contributed by atoms with Crippen LogP contribution in [-0.4, -0.2) is 79.6 Å². The van der Waals surface area contributed by atoms with E-state index in [4.69, 9.17) is 4.74 Å². The Balaban J connectivity index is 1.47. The van der Waals surface area contributed by atoms with Crippen LogP contribution in [0.1, 0.15) is 42.6 Å². The Kier molecular flexibility index (Phi) is 5.27. The fourth-order valence-corrected chi connectivity index (χ4v) is 4.85. The highest BCUT2D eigenvalue weighted by Gasteiger charge is 2.50. The first-order valence-corrected chi connectivity index (χ1v) is 10.3. The Labute approximate surface area is 166 Å². The number of likely N-dealkylation sites (tertiary alicyclic amines) is 1. The molecule has 3 fully saturated rings.